The van der Waals surface area contributed by atoms with Crippen LogP contribution >= 0.6 is 0 Å². The largest absolute Gasteiger partial charge is 0.494 e. The van der Waals surface area contributed by atoms with Crippen LogP contribution in [0.5, 0.6) is 5.75 Å². The number of hydrogen-bond donors (Lipinski definition) is 1. The minimum atomic E-state index is -4.50. The first-order valence-electron chi connectivity index (χ1n) is 10.4. The summed E-state index contributed by atoms with van der Waals surface area (Å²) in [5.41, 5.74) is 0.0246. The van der Waals surface area contributed by atoms with Gasteiger partial charge in [-0.15, -0.1) is 0 Å². The van der Waals surface area contributed by atoms with Crippen LogP contribution in [0.4, 0.5) is 28.9 Å². The summed E-state index contributed by atoms with van der Waals surface area (Å²) in [4.78, 5) is 12.8. The van der Waals surface area contributed by atoms with Crippen molar-refractivity contribution in [1.29, 1.82) is 0 Å². The lowest BCUT2D eigenvalue weighted by Gasteiger charge is -2.24. The van der Waals surface area contributed by atoms with E-state index in [9.17, 15) is 30.8 Å². The average molecular weight is 511 g/mol. The molecule has 0 saturated heterocycles. The Balaban J connectivity index is 1.91. The van der Waals surface area contributed by atoms with Crippen LogP contribution in [0, 0.1) is 5.82 Å². The molecule has 0 aliphatic heterocycles. The number of carbonyl (C=O) groups is 1. The summed E-state index contributed by atoms with van der Waals surface area (Å²) in [6.45, 7) is 1.81. The SMILES string of the molecule is CCOc1ccc(C(=O)Nc2ccc(C(F)(F)F)cc2)cc1CN(c1ccc(F)cc1)S(C)(=O)=O. The lowest BCUT2D eigenvalue weighted by atomic mass is 10.1. The van der Waals surface area contributed by atoms with Crippen molar-refractivity contribution in [2.45, 2.75) is 19.6 Å². The maximum atomic E-state index is 13.4. The van der Waals surface area contributed by atoms with Crippen molar-refractivity contribution in [3.8, 4) is 5.75 Å². The number of halogens is 4. The number of anilines is 2. The lowest BCUT2D eigenvalue weighted by Crippen LogP contribution is -2.29. The topological polar surface area (TPSA) is 75.7 Å². The van der Waals surface area contributed by atoms with E-state index in [0.29, 0.717) is 11.3 Å². The zero-order valence-corrected chi connectivity index (χ0v) is 19.6. The normalized spacial score (nSPS) is 11.7. The molecule has 3 aromatic rings. The maximum absolute atomic E-state index is 13.4. The van der Waals surface area contributed by atoms with Gasteiger partial charge in [-0.05, 0) is 73.7 Å². The fraction of sp³-hybridized carbons (Fsp3) is 0.208. The first-order chi connectivity index (χ1) is 16.4. The van der Waals surface area contributed by atoms with Gasteiger partial charge in [-0.25, -0.2) is 12.8 Å². The number of rotatable bonds is 8. The van der Waals surface area contributed by atoms with E-state index in [2.05, 4.69) is 5.32 Å². The third kappa shape index (κ3) is 6.72. The van der Waals surface area contributed by atoms with Gasteiger partial charge < -0.3 is 10.1 Å². The number of sulfonamides is 1. The quantitative estimate of drug-likeness (QED) is 0.409. The van der Waals surface area contributed by atoms with Crippen LogP contribution in [0.3, 0.4) is 0 Å². The number of ether oxygens (including phenoxy) is 1. The van der Waals surface area contributed by atoms with Gasteiger partial charge >= 0.3 is 6.18 Å². The van der Waals surface area contributed by atoms with Crippen molar-refractivity contribution in [2.24, 2.45) is 0 Å². The molecule has 1 amide bonds. The zero-order chi connectivity index (χ0) is 25.8. The monoisotopic (exact) mass is 510 g/mol. The molecule has 0 radical (unpaired) electrons. The molecule has 0 bridgehead atoms. The molecule has 0 spiro atoms. The van der Waals surface area contributed by atoms with Gasteiger partial charge in [0.2, 0.25) is 10.0 Å². The Labute approximate surface area is 200 Å². The van der Waals surface area contributed by atoms with E-state index >= 15 is 0 Å². The van der Waals surface area contributed by atoms with Gasteiger partial charge in [0.05, 0.1) is 30.7 Å². The predicted molar refractivity (Wildman–Crippen MR) is 124 cm³/mol. The van der Waals surface area contributed by atoms with E-state index in [-0.39, 0.29) is 30.1 Å². The van der Waals surface area contributed by atoms with Crippen LogP contribution in [0.25, 0.3) is 0 Å². The van der Waals surface area contributed by atoms with Gasteiger partial charge in [0.15, 0.2) is 0 Å². The van der Waals surface area contributed by atoms with Crippen molar-refractivity contribution < 1.29 is 35.5 Å². The summed E-state index contributed by atoms with van der Waals surface area (Å²) < 4.78 is 83.2. The highest BCUT2D eigenvalue weighted by atomic mass is 32.2. The smallest absolute Gasteiger partial charge is 0.416 e. The Hall–Kier alpha value is -3.60. The Kier molecular flexibility index (Phi) is 7.69. The van der Waals surface area contributed by atoms with Crippen molar-refractivity contribution in [3.63, 3.8) is 0 Å². The number of benzene rings is 3. The number of alkyl halides is 3. The summed E-state index contributed by atoms with van der Waals surface area (Å²) in [5, 5.41) is 2.52. The molecule has 0 aliphatic carbocycles. The van der Waals surface area contributed by atoms with E-state index < -0.39 is 33.5 Å². The Bertz CT molecular complexity index is 1290. The van der Waals surface area contributed by atoms with Crippen molar-refractivity contribution in [2.75, 3.05) is 22.5 Å². The maximum Gasteiger partial charge on any atom is 0.416 e. The van der Waals surface area contributed by atoms with Crippen molar-refractivity contribution >= 4 is 27.3 Å². The first-order valence-corrected chi connectivity index (χ1v) is 12.2. The molecular weight excluding hydrogens is 488 g/mol. The van der Waals surface area contributed by atoms with Gasteiger partial charge in [0.25, 0.3) is 5.91 Å². The molecule has 0 heterocycles. The van der Waals surface area contributed by atoms with Crippen LogP contribution in [0.15, 0.2) is 66.7 Å². The van der Waals surface area contributed by atoms with E-state index in [1.54, 1.807) is 6.92 Å². The summed E-state index contributed by atoms with van der Waals surface area (Å²) in [7, 11) is -3.80. The highest BCUT2D eigenvalue weighted by Gasteiger charge is 2.30. The minimum Gasteiger partial charge on any atom is -0.494 e. The fourth-order valence-corrected chi connectivity index (χ4v) is 4.13. The van der Waals surface area contributed by atoms with Gasteiger partial charge in [-0.3, -0.25) is 9.10 Å². The van der Waals surface area contributed by atoms with Crippen LogP contribution in [-0.4, -0.2) is 27.2 Å². The Morgan fingerprint density at radius 2 is 1.63 bits per heavy atom. The number of amides is 1. The number of nitrogens with zero attached hydrogens (tertiary/aromatic N) is 1. The second kappa shape index (κ2) is 10.3. The highest BCUT2D eigenvalue weighted by Crippen LogP contribution is 2.30. The van der Waals surface area contributed by atoms with E-state index in [0.717, 1.165) is 47.0 Å². The molecule has 186 valence electrons. The van der Waals surface area contributed by atoms with Crippen molar-refractivity contribution in [3.05, 3.63) is 89.2 Å². The summed E-state index contributed by atoms with van der Waals surface area (Å²) in [6, 6.07) is 13.3. The number of hydrogen-bond acceptors (Lipinski definition) is 4. The third-order valence-electron chi connectivity index (χ3n) is 4.92. The number of nitrogens with one attached hydrogen (secondary N) is 1. The van der Waals surface area contributed by atoms with Crippen LogP contribution < -0.4 is 14.4 Å². The first kappa shape index (κ1) is 26.0. The molecule has 3 aromatic carbocycles. The van der Waals surface area contributed by atoms with Crippen LogP contribution in [0.1, 0.15) is 28.4 Å². The molecule has 0 aromatic heterocycles. The minimum absolute atomic E-state index is 0.135. The van der Waals surface area contributed by atoms with Crippen LogP contribution in [-0.2, 0) is 22.7 Å². The Morgan fingerprint density at radius 1 is 1.00 bits per heavy atom. The van der Waals surface area contributed by atoms with Gasteiger partial charge in [0, 0.05) is 16.8 Å². The molecule has 35 heavy (non-hydrogen) atoms. The van der Waals surface area contributed by atoms with Gasteiger partial charge in [-0.1, -0.05) is 0 Å². The third-order valence-corrected chi connectivity index (χ3v) is 6.06. The van der Waals surface area contributed by atoms with E-state index in [4.69, 9.17) is 4.74 Å². The van der Waals surface area contributed by atoms with Gasteiger partial charge in [0.1, 0.15) is 11.6 Å². The standard InChI is InChI=1S/C24H22F4N2O4S/c1-3-34-22-13-4-16(23(31)29-20-9-5-18(6-10-20)24(26,27)28)14-17(22)15-30(35(2,32)33)21-11-7-19(25)8-12-21/h4-14H,3,15H2,1-2H3,(H,29,31). The summed E-state index contributed by atoms with van der Waals surface area (Å²) >= 11 is 0. The molecular formula is C24H22F4N2O4S. The van der Waals surface area contributed by atoms with E-state index in [1.165, 1.54) is 30.3 Å². The fourth-order valence-electron chi connectivity index (χ4n) is 3.25. The number of carbonyl (C=O) groups excluding carboxylic acids is 1. The molecule has 0 unspecified atom stereocenters. The molecule has 11 heteroatoms. The molecule has 0 aliphatic rings. The summed E-state index contributed by atoms with van der Waals surface area (Å²) in [6.07, 6.45) is -3.50. The highest BCUT2D eigenvalue weighted by molar-refractivity contribution is 7.92. The molecule has 0 fully saturated rings. The summed E-state index contributed by atoms with van der Waals surface area (Å²) in [5.74, 6) is -0.796. The average Bonchev–Trinajstić information content (AvgIpc) is 2.78. The molecule has 0 saturated carbocycles. The van der Waals surface area contributed by atoms with E-state index in [1.807, 2.05) is 0 Å². The Morgan fingerprint density at radius 3 is 2.17 bits per heavy atom. The molecule has 3 rings (SSSR count). The molecule has 1 N–H and O–H groups in total. The van der Waals surface area contributed by atoms with Crippen LogP contribution in [0.2, 0.25) is 0 Å². The predicted octanol–water partition coefficient (Wildman–Crippen LogP) is 5.46. The zero-order valence-electron chi connectivity index (χ0n) is 18.8. The second-order valence-electron chi connectivity index (χ2n) is 7.53. The lowest BCUT2D eigenvalue weighted by molar-refractivity contribution is -0.137. The molecule has 6 nitrogen and oxygen atoms in total. The second-order valence-corrected chi connectivity index (χ2v) is 9.44. The van der Waals surface area contributed by atoms with Gasteiger partial charge in [-0.2, -0.15) is 13.2 Å². The van der Waals surface area contributed by atoms with Crippen molar-refractivity contribution in [1.82, 2.24) is 0 Å². The molecule has 0 atom stereocenters.